The number of benzene rings is 4. The lowest BCUT2D eigenvalue weighted by molar-refractivity contribution is -0.142. The first-order valence-electron chi connectivity index (χ1n) is 40.3. The molecule has 0 saturated carbocycles. The minimum absolute atomic E-state index is 0.0162. The van der Waals surface area contributed by atoms with Crippen LogP contribution in [0.2, 0.25) is 0 Å². The number of nitrogens with two attached hydrogens (primary N) is 4. The lowest BCUT2D eigenvalue weighted by atomic mass is 10.00. The highest BCUT2D eigenvalue weighted by Crippen LogP contribution is 2.27. The fourth-order valence-electron chi connectivity index (χ4n) is 14.6. The highest BCUT2D eigenvalue weighted by Gasteiger charge is 2.42. The maximum atomic E-state index is 15.6. The van der Waals surface area contributed by atoms with Gasteiger partial charge in [0.1, 0.15) is 78.3 Å². The van der Waals surface area contributed by atoms with E-state index < -0.39 is 174 Å². The van der Waals surface area contributed by atoms with E-state index in [1.165, 1.54) is 29.2 Å². The fraction of sp³-hybridized carbons (Fsp3) is 0.463. The highest BCUT2D eigenvalue weighted by atomic mass is 32.2. The molecule has 0 aliphatic carbocycles. The molecule has 5 heterocycles. The summed E-state index contributed by atoms with van der Waals surface area (Å²) in [6, 6.07) is 8.55. The number of aromatic amines is 3. The Hall–Kier alpha value is -12.1. The zero-order chi connectivity index (χ0) is 86.5. The molecule has 7 aromatic rings. The first-order chi connectivity index (χ1) is 57.6. The predicted molar refractivity (Wildman–Crippen MR) is 449 cm³/mol. The van der Waals surface area contributed by atoms with E-state index in [0.29, 0.717) is 63.3 Å². The molecule has 2 aliphatic rings. The van der Waals surface area contributed by atoms with Crippen molar-refractivity contribution in [3.63, 3.8) is 0 Å². The molecular formula is C82H111N21O16S. The van der Waals surface area contributed by atoms with Gasteiger partial charge in [0.25, 0.3) is 0 Å². The van der Waals surface area contributed by atoms with Crippen LogP contribution in [0, 0.1) is 11.3 Å². The van der Waals surface area contributed by atoms with E-state index in [4.69, 9.17) is 28.3 Å². The van der Waals surface area contributed by atoms with E-state index in [2.05, 4.69) is 78.8 Å². The van der Waals surface area contributed by atoms with Crippen LogP contribution in [-0.4, -0.2) is 241 Å². The molecule has 0 spiro atoms. The number of amides is 13. The van der Waals surface area contributed by atoms with Crippen LogP contribution in [0.15, 0.2) is 116 Å². The Morgan fingerprint density at radius 2 is 0.875 bits per heavy atom. The molecule has 0 bridgehead atoms. The van der Waals surface area contributed by atoms with Crippen molar-refractivity contribution in [2.45, 2.75) is 183 Å². The van der Waals surface area contributed by atoms with Gasteiger partial charge in [0.05, 0.1) is 19.0 Å². The number of aromatic hydroxyl groups is 1. The maximum absolute atomic E-state index is 15.6. The Bertz CT molecular complexity index is 4750. The Morgan fingerprint density at radius 1 is 0.483 bits per heavy atom. The molecule has 4 aromatic carbocycles. The van der Waals surface area contributed by atoms with Crippen molar-refractivity contribution in [3.8, 4) is 5.75 Å². The third kappa shape index (κ3) is 26.2. The van der Waals surface area contributed by atoms with E-state index in [9.17, 15) is 53.7 Å². The van der Waals surface area contributed by atoms with Crippen molar-refractivity contribution >= 4 is 127 Å². The Labute approximate surface area is 696 Å². The van der Waals surface area contributed by atoms with Crippen LogP contribution in [0.1, 0.15) is 107 Å². The first-order valence-corrected chi connectivity index (χ1v) is 41.4. The summed E-state index contributed by atoms with van der Waals surface area (Å²) in [5, 5.41) is 74.1. The summed E-state index contributed by atoms with van der Waals surface area (Å²) in [5.74, 6) is -13.7. The van der Waals surface area contributed by atoms with Crippen molar-refractivity contribution in [2.75, 3.05) is 50.9 Å². The second-order valence-corrected chi connectivity index (χ2v) is 31.5. The number of hydrogen-bond donors (Lipinski definition) is 23. The number of para-hydroxylation sites is 3. The Kier molecular flexibility index (Phi) is 34.5. The zero-order valence-corrected chi connectivity index (χ0v) is 67.9. The van der Waals surface area contributed by atoms with Gasteiger partial charge in [0.2, 0.25) is 76.8 Å². The van der Waals surface area contributed by atoms with E-state index in [1.807, 2.05) is 18.2 Å². The quantitative estimate of drug-likeness (QED) is 0.0171. The molecule has 13 amide bonds. The van der Waals surface area contributed by atoms with E-state index >= 15 is 24.0 Å². The van der Waals surface area contributed by atoms with Gasteiger partial charge in [-0.2, -0.15) is 0 Å². The smallest absolute Gasteiger partial charge is 0.246 e. The number of thioether (sulfide) groups is 1. The van der Waals surface area contributed by atoms with Crippen molar-refractivity contribution in [1.29, 1.82) is 5.41 Å². The Balaban J connectivity index is 1.09. The molecule has 646 valence electrons. The molecule has 2 fully saturated rings. The van der Waals surface area contributed by atoms with Crippen molar-refractivity contribution in [1.82, 2.24) is 83.7 Å². The van der Waals surface area contributed by atoms with Gasteiger partial charge < -0.3 is 122 Å². The molecule has 2 saturated heterocycles. The van der Waals surface area contributed by atoms with Gasteiger partial charge in [-0.25, -0.2) is 0 Å². The van der Waals surface area contributed by atoms with Crippen LogP contribution in [0.25, 0.3) is 32.7 Å². The van der Waals surface area contributed by atoms with Gasteiger partial charge in [0, 0.05) is 95.8 Å². The van der Waals surface area contributed by atoms with Crippen LogP contribution in [0.5, 0.6) is 5.75 Å². The van der Waals surface area contributed by atoms with Gasteiger partial charge in [-0.05, 0) is 142 Å². The van der Waals surface area contributed by atoms with Gasteiger partial charge in [-0.3, -0.25) is 67.7 Å². The molecule has 38 heteroatoms. The summed E-state index contributed by atoms with van der Waals surface area (Å²) in [4.78, 5) is 203. The van der Waals surface area contributed by atoms with E-state index in [1.54, 1.807) is 87.0 Å². The molecule has 0 unspecified atom stereocenters. The molecular weight excluding hydrogens is 1570 g/mol. The second kappa shape index (κ2) is 45.2. The number of primary amides is 1. The fourth-order valence-corrected chi connectivity index (χ4v) is 15.5. The summed E-state index contributed by atoms with van der Waals surface area (Å²) in [6.45, 7) is 1.82. The van der Waals surface area contributed by atoms with Crippen LogP contribution in [0.3, 0.4) is 0 Å². The number of carbonyl (C=O) groups excluding carboxylic acids is 13. The molecule has 2 aliphatic heterocycles. The number of rotatable bonds is 25. The molecule has 37 nitrogen and oxygen atoms in total. The Morgan fingerprint density at radius 3 is 1.32 bits per heavy atom. The normalized spacial score (nSPS) is 23.3. The maximum Gasteiger partial charge on any atom is 0.246 e. The summed E-state index contributed by atoms with van der Waals surface area (Å²) in [6.07, 6.45) is 5.18. The predicted octanol–water partition coefficient (Wildman–Crippen LogP) is -1.79. The summed E-state index contributed by atoms with van der Waals surface area (Å²) in [5.41, 5.74) is 27.3. The van der Waals surface area contributed by atoms with Gasteiger partial charge >= 0.3 is 0 Å². The number of phenolic OH excluding ortho intramolecular Hbond substituents is 1. The summed E-state index contributed by atoms with van der Waals surface area (Å²) in [7, 11) is 0. The third-order valence-corrected chi connectivity index (χ3v) is 22.0. The minimum Gasteiger partial charge on any atom is -0.508 e. The van der Waals surface area contributed by atoms with Gasteiger partial charge in [-0.1, -0.05) is 80.6 Å². The molecule has 27 N–H and O–H groups in total. The van der Waals surface area contributed by atoms with Crippen molar-refractivity contribution < 1.29 is 77.6 Å². The number of aromatic nitrogens is 3. The monoisotopic (exact) mass is 1680 g/mol. The van der Waals surface area contributed by atoms with E-state index in [0.717, 1.165) is 22.7 Å². The lowest BCUT2D eigenvalue weighted by Gasteiger charge is -2.30. The van der Waals surface area contributed by atoms with Crippen LogP contribution < -0.4 is 86.7 Å². The molecule has 3 aromatic heterocycles. The van der Waals surface area contributed by atoms with Crippen LogP contribution in [0.4, 0.5) is 0 Å². The van der Waals surface area contributed by atoms with Crippen LogP contribution >= 0.6 is 11.8 Å². The van der Waals surface area contributed by atoms with E-state index in [-0.39, 0.29) is 121 Å². The molecule has 9 rings (SSSR count). The lowest BCUT2D eigenvalue weighted by Crippen LogP contribution is -2.62. The number of unbranched alkanes of at least 4 members (excludes halogenated alkanes) is 2. The number of fused-ring (bicyclic) bond motifs is 4. The molecule has 12 atom stereocenters. The number of nitrogens with zero attached hydrogens (tertiary/aromatic N) is 1. The van der Waals surface area contributed by atoms with Gasteiger partial charge in [0.15, 0.2) is 5.96 Å². The number of aliphatic hydroxyl groups is 2. The van der Waals surface area contributed by atoms with Crippen molar-refractivity contribution in [3.05, 3.63) is 138 Å². The van der Waals surface area contributed by atoms with Gasteiger partial charge in [-0.15, -0.1) is 11.8 Å². The number of H-pyrrole nitrogens is 3. The topological polar surface area (TPSA) is 606 Å². The minimum atomic E-state index is -1.87. The number of carbonyl (C=O) groups is 13. The SMILES string of the molecule is CC(C)C[C@@H]1NC(=O)[C@@H]2CCCN2C(=O)[C@@H](Cc2c[nH]c3ccccc23)NC(=O)CSC[C@@H](C(N)=O)NC(=O)[C@H](CCCNC(=N)N)NC(=O)[C@H](CCCCN)NC(=O)[C@H](CO)NC(=O)[C@H](Cc2ccc(O)cc2)NC(=O)[C@H](Cc2c[nH]c3ccccc23)NC(=O)[C@H](Cc2c[nH]c3ccccc23)NC(=O)[C@H](CCCCN)NC(=O)[C@H](CO)NC1=O. The molecule has 120 heavy (non-hydrogen) atoms. The summed E-state index contributed by atoms with van der Waals surface area (Å²) < 4.78 is 0. The number of phenols is 1. The van der Waals surface area contributed by atoms with Crippen molar-refractivity contribution in [2.24, 2.45) is 28.9 Å². The third-order valence-electron chi connectivity index (χ3n) is 21.0. The average molecular weight is 1680 g/mol. The average Bonchev–Trinajstić information content (AvgIpc) is 1.65. The number of guanidine groups is 1. The first kappa shape index (κ1) is 91.8. The number of aliphatic hydroxyl groups excluding tert-OH is 2. The number of nitrogens with one attached hydrogen (secondary N) is 16. The molecule has 0 radical (unpaired) electrons. The largest absolute Gasteiger partial charge is 0.508 e. The zero-order valence-electron chi connectivity index (χ0n) is 67.1. The highest BCUT2D eigenvalue weighted by molar-refractivity contribution is 8.00. The summed E-state index contributed by atoms with van der Waals surface area (Å²) >= 11 is 0.852. The van der Waals surface area contributed by atoms with Crippen LogP contribution in [-0.2, 0) is 88.0 Å². The standard InChI is InChI=1S/C82H111N21O16S/c1-45(2)33-60-74(112)100-65(41-104)78(116)95-58(22-10-12-30-84)72(110)97-62(35-47-38-89-54-18-6-3-15-51(47)54)77(115)98-63(36-48-39-90-55-19-7-4-16-52(48)55)76(114)96-61(34-46-25-27-50(106)28-26-46)75(113)101-66(42-105)79(117)94-57(21-9-11-29-83)71(109)93-59(23-13-31-88-82(86)87)73(111)102-67(70(85)108)43-120-44-69(107)92-64(37-49-40-91-56-20-8-5-17-53(49)56)81(119)103-32-14-24-68(103)80(118)99-60/h3-8,15-20,25-28,38-40,45,57-68,89-91,104-106H,9-14,21-24,29-37,41-44,83-84H2,1-2H3,(H2,85,108)(H,92,107)(H,93,109)(H,94,117)(H,95,116)(H,96,114)(H,97,110)(H,98,115)(H,99,118)(H,100,112)(H,101,113)(H,102,111)(H4,86,87,88)/t57-,58-,59-,60-,61-,62-,63-,64+,65-,66-,67-,68-/m0/s1. The number of hydrogen-bond acceptors (Lipinski definition) is 20. The second-order valence-electron chi connectivity index (χ2n) is 30.4.